The van der Waals surface area contributed by atoms with Crippen molar-refractivity contribution in [3.63, 3.8) is 0 Å². The molecule has 110 valence electrons. The molecule has 0 saturated heterocycles. The minimum absolute atomic E-state index is 0.0677. The Hall–Kier alpha value is -2.08. The predicted octanol–water partition coefficient (Wildman–Crippen LogP) is 2.62. The van der Waals surface area contributed by atoms with Gasteiger partial charge in [0, 0.05) is 17.0 Å². The predicted molar refractivity (Wildman–Crippen MR) is 79.9 cm³/mol. The number of hydrogen-bond acceptors (Lipinski definition) is 5. The van der Waals surface area contributed by atoms with Crippen LogP contribution in [0.2, 0.25) is 0 Å². The Labute approximate surface area is 126 Å². The number of ether oxygens (including phenoxy) is 2. The molecule has 1 aliphatic rings. The SMILES string of the molecule is COc1cc(C(=O)NC2CC2)ccc1OCc1cscn1. The standard InChI is InChI=1S/C15H16N2O3S/c1-19-14-6-10(15(18)17-11-3-4-11)2-5-13(14)20-7-12-8-21-9-16-12/h2,5-6,8-9,11H,3-4,7H2,1H3,(H,17,18). The first-order chi connectivity index (χ1) is 10.3. The highest BCUT2D eigenvalue weighted by Crippen LogP contribution is 2.29. The second-order valence-electron chi connectivity index (χ2n) is 4.88. The molecule has 0 bridgehead atoms. The molecule has 0 radical (unpaired) electrons. The van der Waals surface area contributed by atoms with Gasteiger partial charge in [0.25, 0.3) is 5.91 Å². The van der Waals surface area contributed by atoms with Crippen LogP contribution in [-0.2, 0) is 6.61 Å². The molecule has 1 saturated carbocycles. The fourth-order valence-electron chi connectivity index (χ4n) is 1.88. The van der Waals surface area contributed by atoms with Gasteiger partial charge in [0.05, 0.1) is 18.3 Å². The molecule has 1 heterocycles. The number of aromatic nitrogens is 1. The van der Waals surface area contributed by atoms with E-state index in [2.05, 4.69) is 10.3 Å². The van der Waals surface area contributed by atoms with E-state index >= 15 is 0 Å². The third-order valence-electron chi connectivity index (χ3n) is 3.20. The third kappa shape index (κ3) is 3.52. The van der Waals surface area contributed by atoms with Crippen molar-refractivity contribution >= 4 is 17.2 Å². The van der Waals surface area contributed by atoms with Crippen molar-refractivity contribution in [2.45, 2.75) is 25.5 Å². The van der Waals surface area contributed by atoms with E-state index in [4.69, 9.17) is 9.47 Å². The normalized spacial score (nSPS) is 13.8. The first-order valence-corrected chi connectivity index (χ1v) is 7.69. The number of nitrogens with zero attached hydrogens (tertiary/aromatic N) is 1. The van der Waals surface area contributed by atoms with Crippen molar-refractivity contribution < 1.29 is 14.3 Å². The number of methoxy groups -OCH3 is 1. The van der Waals surface area contributed by atoms with Gasteiger partial charge in [-0.15, -0.1) is 11.3 Å². The first-order valence-electron chi connectivity index (χ1n) is 6.75. The van der Waals surface area contributed by atoms with Gasteiger partial charge in [0.15, 0.2) is 11.5 Å². The molecule has 0 spiro atoms. The fourth-order valence-corrected chi connectivity index (χ4v) is 2.43. The van der Waals surface area contributed by atoms with Crippen LogP contribution in [0.1, 0.15) is 28.9 Å². The molecule has 0 unspecified atom stereocenters. The summed E-state index contributed by atoms with van der Waals surface area (Å²) >= 11 is 1.53. The zero-order valence-corrected chi connectivity index (χ0v) is 12.5. The summed E-state index contributed by atoms with van der Waals surface area (Å²) < 4.78 is 11.0. The monoisotopic (exact) mass is 304 g/mol. The molecule has 0 aliphatic heterocycles. The number of carbonyl (C=O) groups is 1. The summed E-state index contributed by atoms with van der Waals surface area (Å²) in [6.45, 7) is 0.382. The Morgan fingerprint density at radius 2 is 2.29 bits per heavy atom. The number of rotatable bonds is 6. The van der Waals surface area contributed by atoms with Crippen LogP contribution in [-0.4, -0.2) is 24.0 Å². The van der Waals surface area contributed by atoms with Crippen molar-refractivity contribution in [1.82, 2.24) is 10.3 Å². The summed E-state index contributed by atoms with van der Waals surface area (Å²) in [7, 11) is 1.56. The van der Waals surface area contributed by atoms with Crippen LogP contribution in [0.5, 0.6) is 11.5 Å². The number of benzene rings is 1. The van der Waals surface area contributed by atoms with Gasteiger partial charge in [0.2, 0.25) is 0 Å². The van der Waals surface area contributed by atoms with E-state index in [0.717, 1.165) is 18.5 Å². The van der Waals surface area contributed by atoms with Gasteiger partial charge >= 0.3 is 0 Å². The maximum absolute atomic E-state index is 12.0. The van der Waals surface area contributed by atoms with Crippen LogP contribution >= 0.6 is 11.3 Å². The Bertz CT molecular complexity index is 624. The van der Waals surface area contributed by atoms with E-state index in [1.807, 2.05) is 5.38 Å². The highest BCUT2D eigenvalue weighted by molar-refractivity contribution is 7.07. The van der Waals surface area contributed by atoms with Crippen LogP contribution in [0.15, 0.2) is 29.1 Å². The van der Waals surface area contributed by atoms with Crippen molar-refractivity contribution in [3.05, 3.63) is 40.3 Å². The molecule has 1 aliphatic carbocycles. The molecule has 6 heteroatoms. The summed E-state index contributed by atoms with van der Waals surface area (Å²) in [5.41, 5.74) is 3.22. The summed E-state index contributed by atoms with van der Waals surface area (Å²) in [4.78, 5) is 16.2. The summed E-state index contributed by atoms with van der Waals surface area (Å²) in [6.07, 6.45) is 2.13. The molecule has 1 N–H and O–H groups in total. The lowest BCUT2D eigenvalue weighted by Crippen LogP contribution is -2.25. The zero-order valence-electron chi connectivity index (χ0n) is 11.7. The molecular formula is C15H16N2O3S. The Kier molecular flexibility index (Phi) is 4.06. The van der Waals surface area contributed by atoms with Gasteiger partial charge in [0.1, 0.15) is 6.61 Å². The lowest BCUT2D eigenvalue weighted by Gasteiger charge is -2.11. The number of carbonyl (C=O) groups excluding carboxylic acids is 1. The molecule has 0 atom stereocenters. The van der Waals surface area contributed by atoms with Crippen molar-refractivity contribution in [2.75, 3.05) is 7.11 Å². The lowest BCUT2D eigenvalue weighted by molar-refractivity contribution is 0.0950. The highest BCUT2D eigenvalue weighted by atomic mass is 32.1. The molecule has 1 aromatic heterocycles. The zero-order chi connectivity index (χ0) is 14.7. The number of nitrogens with one attached hydrogen (secondary N) is 1. The van der Waals surface area contributed by atoms with E-state index in [1.54, 1.807) is 30.8 Å². The third-order valence-corrected chi connectivity index (χ3v) is 3.83. The van der Waals surface area contributed by atoms with Crippen LogP contribution in [0.3, 0.4) is 0 Å². The van der Waals surface area contributed by atoms with Gasteiger partial charge < -0.3 is 14.8 Å². The van der Waals surface area contributed by atoms with Crippen LogP contribution < -0.4 is 14.8 Å². The van der Waals surface area contributed by atoms with Gasteiger partial charge in [-0.05, 0) is 31.0 Å². The molecule has 1 amide bonds. The van der Waals surface area contributed by atoms with Gasteiger partial charge in [-0.25, -0.2) is 4.98 Å². The maximum atomic E-state index is 12.0. The van der Waals surface area contributed by atoms with Crippen LogP contribution in [0.25, 0.3) is 0 Å². The summed E-state index contributed by atoms with van der Waals surface area (Å²) in [5.74, 6) is 1.09. The van der Waals surface area contributed by atoms with E-state index in [0.29, 0.717) is 29.7 Å². The molecule has 1 aromatic carbocycles. The van der Waals surface area contributed by atoms with E-state index in [-0.39, 0.29) is 5.91 Å². The number of thiazole rings is 1. The maximum Gasteiger partial charge on any atom is 0.251 e. The smallest absolute Gasteiger partial charge is 0.251 e. The average molecular weight is 304 g/mol. The van der Waals surface area contributed by atoms with Gasteiger partial charge in [-0.1, -0.05) is 0 Å². The van der Waals surface area contributed by atoms with Gasteiger partial charge in [-0.2, -0.15) is 0 Å². The molecule has 1 fully saturated rings. The van der Waals surface area contributed by atoms with Gasteiger partial charge in [-0.3, -0.25) is 4.79 Å². The molecular weight excluding hydrogens is 288 g/mol. The fraction of sp³-hybridized carbons (Fsp3) is 0.333. The number of hydrogen-bond donors (Lipinski definition) is 1. The Balaban J connectivity index is 1.70. The second-order valence-corrected chi connectivity index (χ2v) is 5.60. The summed E-state index contributed by atoms with van der Waals surface area (Å²) in [5, 5.41) is 4.89. The minimum atomic E-state index is -0.0677. The minimum Gasteiger partial charge on any atom is -0.493 e. The topological polar surface area (TPSA) is 60.5 Å². The lowest BCUT2D eigenvalue weighted by atomic mass is 10.2. The largest absolute Gasteiger partial charge is 0.493 e. The van der Waals surface area contributed by atoms with Crippen LogP contribution in [0, 0.1) is 0 Å². The number of amides is 1. The van der Waals surface area contributed by atoms with Crippen molar-refractivity contribution in [2.24, 2.45) is 0 Å². The quantitative estimate of drug-likeness (QED) is 0.891. The molecule has 5 nitrogen and oxygen atoms in total. The molecule has 2 aromatic rings. The molecule has 3 rings (SSSR count). The van der Waals surface area contributed by atoms with Crippen molar-refractivity contribution in [1.29, 1.82) is 0 Å². The highest BCUT2D eigenvalue weighted by Gasteiger charge is 2.24. The second kappa shape index (κ2) is 6.13. The molecule has 21 heavy (non-hydrogen) atoms. The first kappa shape index (κ1) is 13.9. The Morgan fingerprint density at radius 3 is 2.95 bits per heavy atom. The van der Waals surface area contributed by atoms with E-state index < -0.39 is 0 Å². The van der Waals surface area contributed by atoms with Crippen molar-refractivity contribution in [3.8, 4) is 11.5 Å². The Morgan fingerprint density at radius 1 is 1.43 bits per heavy atom. The van der Waals surface area contributed by atoms with Crippen LogP contribution in [0.4, 0.5) is 0 Å². The summed E-state index contributed by atoms with van der Waals surface area (Å²) in [6, 6.07) is 5.54. The van der Waals surface area contributed by atoms with E-state index in [1.165, 1.54) is 11.3 Å². The van der Waals surface area contributed by atoms with E-state index in [9.17, 15) is 4.79 Å². The average Bonchev–Trinajstić information content (AvgIpc) is 3.16.